The molecule has 9 heteroatoms. The van der Waals surface area contributed by atoms with Crippen LogP contribution in [0.3, 0.4) is 0 Å². The van der Waals surface area contributed by atoms with Crippen LogP contribution < -0.4 is 4.74 Å². The van der Waals surface area contributed by atoms with Crippen LogP contribution in [-0.4, -0.2) is 34.6 Å². The lowest BCUT2D eigenvalue weighted by Crippen LogP contribution is -2.28. The molecule has 1 aromatic rings. The highest BCUT2D eigenvalue weighted by atomic mass is 79.9. The van der Waals surface area contributed by atoms with Crippen molar-refractivity contribution in [3.63, 3.8) is 0 Å². The van der Waals surface area contributed by atoms with E-state index < -0.39 is 4.92 Å². The molecule has 27 heavy (non-hydrogen) atoms. The molecular weight excluding hydrogens is 418 g/mol. The number of amides is 2. The summed E-state index contributed by atoms with van der Waals surface area (Å²) in [6.45, 7) is 2.01. The van der Waals surface area contributed by atoms with Crippen molar-refractivity contribution in [2.24, 2.45) is 28.8 Å². The van der Waals surface area contributed by atoms with E-state index in [0.29, 0.717) is 10.0 Å². The number of hydrazone groups is 1. The summed E-state index contributed by atoms with van der Waals surface area (Å²) in [5, 5.41) is 16.3. The molecule has 1 aliphatic heterocycles. The van der Waals surface area contributed by atoms with Crippen molar-refractivity contribution in [3.8, 4) is 5.75 Å². The number of hydrogen-bond donors (Lipinski definition) is 0. The number of hydrogen-bond acceptors (Lipinski definition) is 6. The average molecular weight is 434 g/mol. The maximum Gasteiger partial charge on any atom is 0.312 e. The predicted octanol–water partition coefficient (Wildman–Crippen LogP) is 2.90. The van der Waals surface area contributed by atoms with Crippen molar-refractivity contribution in [1.29, 1.82) is 0 Å². The highest BCUT2D eigenvalue weighted by Crippen LogP contribution is 2.52. The smallest absolute Gasteiger partial charge is 0.312 e. The summed E-state index contributed by atoms with van der Waals surface area (Å²) < 4.78 is 5.72. The third-order valence-electron chi connectivity index (χ3n) is 5.30. The Kier molecular flexibility index (Phi) is 4.33. The standard InChI is InChI=1S/C18H16BrN3O5/c1-2-27-16-12(19)5-9(6-13(16)22(25)26)8-20-21-17(23)14-10-3-4-11(7-10)15(14)18(21)24/h3-6,8,10-11,14-15H,2,7H2,1H3. The number of carbonyl (C=O) groups excluding carboxylic acids is 2. The molecule has 4 atom stereocenters. The Morgan fingerprint density at radius 1 is 1.30 bits per heavy atom. The minimum Gasteiger partial charge on any atom is -0.486 e. The van der Waals surface area contributed by atoms with Crippen LogP contribution in [0.1, 0.15) is 18.9 Å². The maximum absolute atomic E-state index is 12.6. The number of carbonyl (C=O) groups is 2. The van der Waals surface area contributed by atoms with Crippen molar-refractivity contribution in [2.75, 3.05) is 6.61 Å². The van der Waals surface area contributed by atoms with E-state index in [4.69, 9.17) is 4.74 Å². The Labute approximate surface area is 163 Å². The van der Waals surface area contributed by atoms with Gasteiger partial charge in [0.25, 0.3) is 11.8 Å². The van der Waals surface area contributed by atoms with Gasteiger partial charge in [0, 0.05) is 11.6 Å². The molecule has 0 N–H and O–H groups in total. The molecule has 140 valence electrons. The molecule has 2 amide bonds. The highest BCUT2D eigenvalue weighted by molar-refractivity contribution is 9.10. The molecule has 1 heterocycles. The summed E-state index contributed by atoms with van der Waals surface area (Å²) in [7, 11) is 0. The first-order chi connectivity index (χ1) is 12.9. The van der Waals surface area contributed by atoms with Gasteiger partial charge in [-0.05, 0) is 47.2 Å². The van der Waals surface area contributed by atoms with Gasteiger partial charge in [-0.1, -0.05) is 12.2 Å². The minimum absolute atomic E-state index is 0.109. The third kappa shape index (κ3) is 2.77. The van der Waals surface area contributed by atoms with Crippen LogP contribution in [0.4, 0.5) is 5.69 Å². The second-order valence-corrected chi connectivity index (χ2v) is 7.63. The molecule has 4 rings (SSSR count). The Morgan fingerprint density at radius 3 is 2.48 bits per heavy atom. The van der Waals surface area contributed by atoms with Crippen molar-refractivity contribution >= 4 is 39.6 Å². The zero-order valence-corrected chi connectivity index (χ0v) is 16.0. The van der Waals surface area contributed by atoms with Gasteiger partial charge in [-0.3, -0.25) is 19.7 Å². The number of nitro groups is 1. The van der Waals surface area contributed by atoms with E-state index in [1.807, 2.05) is 12.2 Å². The molecular formula is C18H16BrN3O5. The van der Waals surface area contributed by atoms with Gasteiger partial charge in [-0.2, -0.15) is 10.1 Å². The normalized spacial score (nSPS) is 28.4. The molecule has 4 unspecified atom stereocenters. The second kappa shape index (κ2) is 6.56. The van der Waals surface area contributed by atoms with Crippen LogP contribution in [0.15, 0.2) is 33.9 Å². The Balaban J connectivity index is 1.61. The highest BCUT2D eigenvalue weighted by Gasteiger charge is 2.59. The number of allylic oxidation sites excluding steroid dienone is 2. The lowest BCUT2D eigenvalue weighted by Gasteiger charge is -2.13. The molecule has 1 saturated carbocycles. The molecule has 2 bridgehead atoms. The molecule has 1 aromatic carbocycles. The fraction of sp³-hybridized carbons (Fsp3) is 0.389. The van der Waals surface area contributed by atoms with Crippen LogP contribution in [0.2, 0.25) is 0 Å². The van der Waals surface area contributed by atoms with Crippen molar-refractivity contribution in [3.05, 3.63) is 44.4 Å². The number of rotatable bonds is 5. The summed E-state index contributed by atoms with van der Waals surface area (Å²) >= 11 is 3.26. The summed E-state index contributed by atoms with van der Waals surface area (Å²) in [6.07, 6.45) is 6.16. The third-order valence-corrected chi connectivity index (χ3v) is 5.89. The average Bonchev–Trinajstić information content (AvgIpc) is 3.30. The molecule has 3 aliphatic rings. The van der Waals surface area contributed by atoms with Gasteiger partial charge in [-0.15, -0.1) is 0 Å². The zero-order chi connectivity index (χ0) is 19.3. The summed E-state index contributed by atoms with van der Waals surface area (Å²) in [6, 6.07) is 2.90. The van der Waals surface area contributed by atoms with Gasteiger partial charge < -0.3 is 4.74 Å². The van der Waals surface area contributed by atoms with Crippen molar-refractivity contribution < 1.29 is 19.2 Å². The Bertz CT molecular complexity index is 883. The second-order valence-electron chi connectivity index (χ2n) is 6.77. The SMILES string of the molecule is CCOc1c(Br)cc(C=NN2C(=O)C3C4C=CC(C4)C3C2=O)cc1[N+](=O)[O-]. The number of nitrogens with zero attached hydrogens (tertiary/aromatic N) is 3. The molecule has 2 fully saturated rings. The van der Waals surface area contributed by atoms with Crippen molar-refractivity contribution in [2.45, 2.75) is 13.3 Å². The van der Waals surface area contributed by atoms with E-state index in [2.05, 4.69) is 21.0 Å². The first-order valence-electron chi connectivity index (χ1n) is 8.63. The fourth-order valence-electron chi connectivity index (χ4n) is 4.22. The van der Waals surface area contributed by atoms with Crippen LogP contribution in [0, 0.1) is 33.8 Å². The first kappa shape index (κ1) is 17.8. The monoisotopic (exact) mass is 433 g/mol. The molecule has 1 saturated heterocycles. The van der Waals surface area contributed by atoms with E-state index in [1.54, 1.807) is 13.0 Å². The minimum atomic E-state index is -0.549. The number of ether oxygens (including phenoxy) is 1. The van der Waals surface area contributed by atoms with Gasteiger partial charge in [0.2, 0.25) is 5.75 Å². The number of imide groups is 1. The summed E-state index contributed by atoms with van der Waals surface area (Å²) in [5.74, 6) is -0.896. The molecule has 0 aromatic heterocycles. The molecule has 2 aliphatic carbocycles. The Hall–Kier alpha value is -2.55. The molecule has 8 nitrogen and oxygen atoms in total. The topological polar surface area (TPSA) is 102 Å². The number of fused-ring (bicyclic) bond motifs is 5. The molecule has 0 spiro atoms. The lowest BCUT2D eigenvalue weighted by molar-refractivity contribution is -0.385. The summed E-state index contributed by atoms with van der Waals surface area (Å²) in [4.78, 5) is 36.0. The van der Waals surface area contributed by atoms with Gasteiger partial charge in [-0.25, -0.2) is 0 Å². The van der Waals surface area contributed by atoms with E-state index >= 15 is 0 Å². The van der Waals surface area contributed by atoms with E-state index in [9.17, 15) is 19.7 Å². The van der Waals surface area contributed by atoms with Crippen LogP contribution >= 0.6 is 15.9 Å². The van der Waals surface area contributed by atoms with Crippen LogP contribution in [0.5, 0.6) is 5.75 Å². The van der Waals surface area contributed by atoms with E-state index in [1.165, 1.54) is 12.3 Å². The largest absolute Gasteiger partial charge is 0.486 e. The number of benzene rings is 1. The van der Waals surface area contributed by atoms with Gasteiger partial charge in [0.05, 0.1) is 34.1 Å². The number of nitro benzene ring substituents is 1. The van der Waals surface area contributed by atoms with E-state index in [0.717, 1.165) is 11.4 Å². The zero-order valence-electron chi connectivity index (χ0n) is 14.4. The Morgan fingerprint density at radius 2 is 1.93 bits per heavy atom. The van der Waals surface area contributed by atoms with Gasteiger partial charge >= 0.3 is 5.69 Å². The quantitative estimate of drug-likeness (QED) is 0.233. The van der Waals surface area contributed by atoms with Crippen molar-refractivity contribution in [1.82, 2.24) is 5.01 Å². The fourth-order valence-corrected chi connectivity index (χ4v) is 4.80. The van der Waals surface area contributed by atoms with E-state index in [-0.39, 0.29) is 53.5 Å². The van der Waals surface area contributed by atoms with Gasteiger partial charge in [0.15, 0.2) is 0 Å². The lowest BCUT2D eigenvalue weighted by atomic mass is 9.85. The van der Waals surface area contributed by atoms with Crippen LogP contribution in [0.25, 0.3) is 0 Å². The first-order valence-corrected chi connectivity index (χ1v) is 9.42. The molecule has 0 radical (unpaired) electrons. The predicted molar refractivity (Wildman–Crippen MR) is 99.1 cm³/mol. The van der Waals surface area contributed by atoms with Gasteiger partial charge in [0.1, 0.15) is 0 Å². The van der Waals surface area contributed by atoms with Crippen LogP contribution in [-0.2, 0) is 9.59 Å². The number of halogens is 1. The summed E-state index contributed by atoms with van der Waals surface area (Å²) in [5.41, 5.74) is 0.168. The maximum atomic E-state index is 12.6.